The molecule has 0 bridgehead atoms. The van der Waals surface area contributed by atoms with Crippen molar-refractivity contribution in [1.29, 1.82) is 0 Å². The molecule has 1 amide bonds. The van der Waals surface area contributed by atoms with Crippen LogP contribution in [0.4, 0.5) is 0 Å². The number of rotatable bonds is 4. The molecular weight excluding hydrogens is 186 g/mol. The lowest BCUT2D eigenvalue weighted by Gasteiger charge is -2.01. The van der Waals surface area contributed by atoms with Gasteiger partial charge < -0.3 is 5.32 Å². The van der Waals surface area contributed by atoms with Gasteiger partial charge in [0.2, 0.25) is 5.91 Å². The zero-order valence-corrected chi connectivity index (χ0v) is 10.8. The lowest BCUT2D eigenvalue weighted by Crippen LogP contribution is -2.24. The summed E-state index contributed by atoms with van der Waals surface area (Å²) in [4.78, 5) is 10.8. The van der Waals surface area contributed by atoms with E-state index in [0.717, 1.165) is 19.4 Å². The molecule has 0 spiro atoms. The number of carbonyl (C=O) groups is 1. The fraction of sp³-hybridized carbons (Fsp3) is 0.615. The normalized spacial score (nSPS) is 8.33. The molecule has 15 heavy (non-hydrogen) atoms. The van der Waals surface area contributed by atoms with Crippen LogP contribution in [0.5, 0.6) is 0 Å². The van der Waals surface area contributed by atoms with Gasteiger partial charge in [0.15, 0.2) is 0 Å². The highest BCUT2D eigenvalue weighted by atomic mass is 16.1. The summed E-state index contributed by atoms with van der Waals surface area (Å²) in [5, 5.41) is 2.74. The minimum absolute atomic E-state index is 0.0338. The second kappa shape index (κ2) is 11.0. The lowest BCUT2D eigenvalue weighted by molar-refractivity contribution is -0.117. The molecule has 0 aliphatic rings. The Balaban J connectivity index is 0. The van der Waals surface area contributed by atoms with Crippen LogP contribution in [0, 0.1) is 0 Å². The quantitative estimate of drug-likeness (QED) is 0.431. The van der Waals surface area contributed by atoms with Crippen molar-refractivity contribution in [1.82, 2.24) is 5.32 Å². The van der Waals surface area contributed by atoms with Crippen molar-refractivity contribution >= 4 is 5.91 Å². The number of carbonyl (C=O) groups excluding carboxylic acids is 1. The van der Waals surface area contributed by atoms with Gasteiger partial charge in [0.05, 0.1) is 0 Å². The van der Waals surface area contributed by atoms with Crippen molar-refractivity contribution < 1.29 is 4.79 Å². The van der Waals surface area contributed by atoms with E-state index in [9.17, 15) is 4.79 Å². The minimum Gasteiger partial charge on any atom is -0.352 e. The number of amides is 1. The van der Waals surface area contributed by atoms with Gasteiger partial charge in [-0.05, 0) is 34.1 Å². The number of hydrogen-bond donors (Lipinski definition) is 1. The first-order valence-electron chi connectivity index (χ1n) is 5.48. The third kappa shape index (κ3) is 15.7. The maximum Gasteiger partial charge on any atom is 0.246 e. The van der Waals surface area contributed by atoms with Crippen LogP contribution < -0.4 is 5.32 Å². The summed E-state index contributed by atoms with van der Waals surface area (Å²) in [6, 6.07) is 0. The fourth-order valence-electron chi connectivity index (χ4n) is 0.530. The molecular formula is C13H25NO. The van der Waals surface area contributed by atoms with Crippen molar-refractivity contribution in [3.8, 4) is 0 Å². The molecule has 2 nitrogen and oxygen atoms in total. The maximum absolute atomic E-state index is 10.8. The van der Waals surface area contributed by atoms with E-state index in [4.69, 9.17) is 0 Å². The van der Waals surface area contributed by atoms with Crippen LogP contribution in [0.3, 0.4) is 0 Å². The Kier molecular flexibility index (Phi) is 12.0. The molecule has 1 N–H and O–H groups in total. The molecule has 0 fully saturated rings. The third-order valence-corrected chi connectivity index (χ3v) is 1.78. The summed E-state index contributed by atoms with van der Waals surface area (Å²) in [5.74, 6) is -0.0338. The summed E-state index contributed by atoms with van der Waals surface area (Å²) in [6.45, 7) is 14.3. The van der Waals surface area contributed by atoms with Gasteiger partial charge in [-0.25, -0.2) is 0 Å². The first-order valence-corrected chi connectivity index (χ1v) is 5.48. The highest BCUT2D eigenvalue weighted by Crippen LogP contribution is 1.87. The summed E-state index contributed by atoms with van der Waals surface area (Å²) in [6.07, 6.45) is 4.23. The monoisotopic (exact) mass is 211 g/mol. The number of unbranched alkanes of at least 4 members (excludes halogenated alkanes) is 1. The maximum atomic E-state index is 10.8. The van der Waals surface area contributed by atoms with E-state index >= 15 is 0 Å². The molecule has 0 unspecified atom stereocenters. The van der Waals surface area contributed by atoms with Crippen molar-refractivity contribution in [2.24, 2.45) is 0 Å². The van der Waals surface area contributed by atoms with Crippen LogP contribution >= 0.6 is 0 Å². The van der Waals surface area contributed by atoms with Crippen molar-refractivity contribution in [3.63, 3.8) is 0 Å². The van der Waals surface area contributed by atoms with Crippen LogP contribution in [0.2, 0.25) is 0 Å². The van der Waals surface area contributed by atoms with Crippen LogP contribution in [0.1, 0.15) is 47.5 Å². The fourth-order valence-corrected chi connectivity index (χ4v) is 0.530. The topological polar surface area (TPSA) is 29.1 Å². The molecule has 2 heteroatoms. The van der Waals surface area contributed by atoms with Gasteiger partial charge in [-0.3, -0.25) is 4.79 Å². The Hall–Kier alpha value is -1.05. The molecule has 0 aromatic carbocycles. The Morgan fingerprint density at radius 2 is 1.80 bits per heavy atom. The molecule has 0 rings (SSSR count). The largest absolute Gasteiger partial charge is 0.352 e. The van der Waals surface area contributed by atoms with Gasteiger partial charge in [0, 0.05) is 12.1 Å². The average molecular weight is 211 g/mol. The van der Waals surface area contributed by atoms with Crippen molar-refractivity contribution in [2.75, 3.05) is 6.54 Å². The Morgan fingerprint density at radius 1 is 1.33 bits per heavy atom. The van der Waals surface area contributed by atoms with Crippen LogP contribution in [0.15, 0.2) is 23.8 Å². The highest BCUT2D eigenvalue weighted by molar-refractivity contribution is 5.91. The number of nitrogens with one attached hydrogen (secondary N) is 1. The van der Waals surface area contributed by atoms with Crippen LogP contribution in [-0.4, -0.2) is 12.5 Å². The van der Waals surface area contributed by atoms with E-state index < -0.39 is 0 Å². The highest BCUT2D eigenvalue weighted by Gasteiger charge is 1.97. The first-order chi connectivity index (χ1) is 6.95. The van der Waals surface area contributed by atoms with E-state index in [1.165, 1.54) is 5.57 Å². The minimum atomic E-state index is -0.0338. The van der Waals surface area contributed by atoms with Crippen molar-refractivity contribution in [2.45, 2.75) is 47.5 Å². The predicted molar refractivity (Wildman–Crippen MR) is 67.8 cm³/mol. The second-order valence-corrected chi connectivity index (χ2v) is 3.76. The summed E-state index contributed by atoms with van der Waals surface area (Å²) in [7, 11) is 0. The average Bonchev–Trinajstić information content (AvgIpc) is 2.18. The molecule has 0 aliphatic carbocycles. The summed E-state index contributed by atoms with van der Waals surface area (Å²) < 4.78 is 0. The number of allylic oxidation sites excluding steroid dienone is 2. The zero-order valence-electron chi connectivity index (χ0n) is 10.8. The summed E-state index contributed by atoms with van der Waals surface area (Å²) in [5.41, 5.74) is 1.96. The molecule has 0 aromatic heterocycles. The van der Waals surface area contributed by atoms with Crippen LogP contribution in [-0.2, 0) is 4.79 Å². The molecule has 0 radical (unpaired) electrons. The third-order valence-electron chi connectivity index (χ3n) is 1.78. The number of hydrogen-bond acceptors (Lipinski definition) is 1. The molecule has 0 atom stereocenters. The van der Waals surface area contributed by atoms with E-state index in [-0.39, 0.29) is 5.91 Å². The smallest absolute Gasteiger partial charge is 0.246 e. The van der Waals surface area contributed by atoms with E-state index in [1.807, 2.05) is 6.92 Å². The van der Waals surface area contributed by atoms with Crippen molar-refractivity contribution in [3.05, 3.63) is 23.8 Å². The van der Waals surface area contributed by atoms with Crippen LogP contribution in [0.25, 0.3) is 0 Å². The molecule has 0 saturated heterocycles. The van der Waals surface area contributed by atoms with Gasteiger partial charge in [0.1, 0.15) is 0 Å². The SMILES string of the molecule is C=C(C)C(=O)NCCCC.CC=C(C)C. The molecule has 0 heterocycles. The molecule has 0 aromatic rings. The van der Waals surface area contributed by atoms with E-state index in [1.54, 1.807) is 6.92 Å². The predicted octanol–water partition coefficient (Wildman–Crippen LogP) is 3.45. The first kappa shape index (κ1) is 16.4. The second-order valence-electron chi connectivity index (χ2n) is 3.76. The zero-order chi connectivity index (χ0) is 12.3. The van der Waals surface area contributed by atoms with Gasteiger partial charge in [-0.15, -0.1) is 0 Å². The van der Waals surface area contributed by atoms with E-state index in [2.05, 4.69) is 38.7 Å². The Morgan fingerprint density at radius 3 is 2.07 bits per heavy atom. The van der Waals surface area contributed by atoms with E-state index in [0.29, 0.717) is 5.57 Å². The summed E-state index contributed by atoms with van der Waals surface area (Å²) >= 11 is 0. The van der Waals surface area contributed by atoms with Gasteiger partial charge in [-0.2, -0.15) is 0 Å². The molecule has 0 aliphatic heterocycles. The van der Waals surface area contributed by atoms with Gasteiger partial charge in [-0.1, -0.05) is 31.6 Å². The van der Waals surface area contributed by atoms with Gasteiger partial charge in [0.25, 0.3) is 0 Å². The standard InChI is InChI=1S/C8H15NO.C5H10/c1-4-5-6-9-8(10)7(2)3;1-4-5(2)3/h2,4-6H2,1,3H3,(H,9,10);4H,1-3H3. The Labute approximate surface area is 94.5 Å². The molecule has 88 valence electrons. The van der Waals surface area contributed by atoms with Gasteiger partial charge >= 0.3 is 0 Å². The Bertz CT molecular complexity index is 213. The molecule has 0 saturated carbocycles. The lowest BCUT2D eigenvalue weighted by atomic mass is 10.3.